The molecule has 3 nitrogen and oxygen atoms in total. The zero-order valence-corrected chi connectivity index (χ0v) is 11.0. The molecule has 2 aromatic carbocycles. The van der Waals surface area contributed by atoms with Crippen molar-refractivity contribution in [2.45, 2.75) is 6.54 Å². The van der Waals surface area contributed by atoms with Crippen LogP contribution in [0.5, 0.6) is 0 Å². The second-order valence-electron chi connectivity index (χ2n) is 4.81. The summed E-state index contributed by atoms with van der Waals surface area (Å²) in [5.74, 6) is -0.398. The van der Waals surface area contributed by atoms with Crippen LogP contribution in [0.2, 0.25) is 0 Å². The Balaban J connectivity index is 1.99. The molecule has 3 rings (SSSR count). The van der Waals surface area contributed by atoms with E-state index in [1.165, 1.54) is 5.56 Å². The molecule has 1 aromatic heterocycles. The number of hydrogen-bond acceptors (Lipinski definition) is 1. The Morgan fingerprint density at radius 3 is 2.55 bits per heavy atom. The van der Waals surface area contributed by atoms with Crippen LogP contribution in [0.4, 0.5) is 0 Å². The molecule has 0 spiro atoms. The first-order chi connectivity index (χ1) is 9.72. The van der Waals surface area contributed by atoms with Crippen LogP contribution < -0.4 is 10.3 Å². The summed E-state index contributed by atoms with van der Waals surface area (Å²) in [6, 6.07) is 17.8. The number of carbonyl (C=O) groups is 1. The second-order valence-corrected chi connectivity index (χ2v) is 4.81. The zero-order valence-electron chi connectivity index (χ0n) is 11.0. The number of nitrogens with two attached hydrogens (primary N) is 1. The van der Waals surface area contributed by atoms with E-state index in [2.05, 4.69) is 16.7 Å². The smallest absolute Gasteiger partial charge is 0.248 e. The van der Waals surface area contributed by atoms with Crippen molar-refractivity contribution in [3.05, 3.63) is 78.1 Å². The number of nitrogens with zero attached hydrogens (tertiary/aromatic N) is 1. The van der Waals surface area contributed by atoms with Gasteiger partial charge in [-0.1, -0.05) is 36.4 Å². The van der Waals surface area contributed by atoms with Crippen molar-refractivity contribution >= 4 is 16.7 Å². The second kappa shape index (κ2) is 5.13. The molecule has 20 heavy (non-hydrogen) atoms. The monoisotopic (exact) mass is 263 g/mol. The number of pyridine rings is 1. The van der Waals surface area contributed by atoms with E-state index in [9.17, 15) is 4.79 Å². The topological polar surface area (TPSA) is 47.0 Å². The van der Waals surface area contributed by atoms with Gasteiger partial charge in [0.05, 0.1) is 0 Å². The molecule has 2 N–H and O–H groups in total. The molecule has 0 fully saturated rings. The normalized spacial score (nSPS) is 10.6. The molecule has 1 heterocycles. The van der Waals surface area contributed by atoms with Crippen LogP contribution >= 0.6 is 0 Å². The van der Waals surface area contributed by atoms with Gasteiger partial charge < -0.3 is 5.73 Å². The largest absolute Gasteiger partial charge is 0.366 e. The number of hydrogen-bond donors (Lipinski definition) is 1. The Hall–Kier alpha value is -2.68. The number of aromatic nitrogens is 1. The highest BCUT2D eigenvalue weighted by Gasteiger charge is 2.07. The Morgan fingerprint density at radius 1 is 1.00 bits per heavy atom. The minimum absolute atomic E-state index is 0.398. The minimum Gasteiger partial charge on any atom is -0.366 e. The van der Waals surface area contributed by atoms with Crippen LogP contribution in [0.15, 0.2) is 67.0 Å². The van der Waals surface area contributed by atoms with Crippen molar-refractivity contribution in [1.82, 2.24) is 0 Å². The molecule has 0 radical (unpaired) electrons. The fourth-order valence-electron chi connectivity index (χ4n) is 2.28. The maximum Gasteiger partial charge on any atom is 0.248 e. The lowest BCUT2D eigenvalue weighted by molar-refractivity contribution is -0.687. The van der Waals surface area contributed by atoms with Gasteiger partial charge in [-0.25, -0.2) is 4.57 Å². The first-order valence-electron chi connectivity index (χ1n) is 6.49. The Labute approximate surface area is 117 Å². The number of rotatable bonds is 3. The van der Waals surface area contributed by atoms with Crippen LogP contribution in [0.3, 0.4) is 0 Å². The zero-order chi connectivity index (χ0) is 13.9. The lowest BCUT2D eigenvalue weighted by atomic mass is 10.1. The molecule has 3 aromatic rings. The van der Waals surface area contributed by atoms with Crippen LogP contribution in [-0.4, -0.2) is 5.91 Å². The van der Waals surface area contributed by atoms with Crippen LogP contribution in [-0.2, 0) is 6.54 Å². The van der Waals surface area contributed by atoms with E-state index in [0.717, 1.165) is 17.3 Å². The van der Waals surface area contributed by atoms with Gasteiger partial charge in [-0.05, 0) is 17.5 Å². The third kappa shape index (κ3) is 2.52. The SMILES string of the molecule is NC(=O)c1ccc2cc[n+](Cc3ccccc3)cc2c1. The highest BCUT2D eigenvalue weighted by atomic mass is 16.1. The number of fused-ring (bicyclic) bond motifs is 1. The molecule has 0 bridgehead atoms. The van der Waals surface area contributed by atoms with E-state index >= 15 is 0 Å². The predicted molar refractivity (Wildman–Crippen MR) is 78.2 cm³/mol. The van der Waals surface area contributed by atoms with Gasteiger partial charge in [0.2, 0.25) is 5.91 Å². The van der Waals surface area contributed by atoms with Crippen LogP contribution in [0.1, 0.15) is 15.9 Å². The van der Waals surface area contributed by atoms with Crippen molar-refractivity contribution in [1.29, 1.82) is 0 Å². The van der Waals surface area contributed by atoms with Crippen molar-refractivity contribution in [2.75, 3.05) is 0 Å². The number of primary amides is 1. The number of carbonyl (C=O) groups excluding carboxylic acids is 1. The van der Waals surface area contributed by atoms with E-state index in [0.29, 0.717) is 5.56 Å². The summed E-state index contributed by atoms with van der Waals surface area (Å²) in [6.07, 6.45) is 4.08. The van der Waals surface area contributed by atoms with Gasteiger partial charge in [0.1, 0.15) is 0 Å². The van der Waals surface area contributed by atoms with Crippen molar-refractivity contribution in [3.63, 3.8) is 0 Å². The fourth-order valence-corrected chi connectivity index (χ4v) is 2.28. The highest BCUT2D eigenvalue weighted by Crippen LogP contribution is 2.13. The molecular weight excluding hydrogens is 248 g/mol. The van der Waals surface area contributed by atoms with Crippen molar-refractivity contribution < 1.29 is 9.36 Å². The molecule has 0 atom stereocenters. The summed E-state index contributed by atoms with van der Waals surface area (Å²) in [5, 5.41) is 2.11. The first-order valence-corrected chi connectivity index (χ1v) is 6.49. The number of amides is 1. The molecule has 0 aliphatic carbocycles. The summed E-state index contributed by atoms with van der Waals surface area (Å²) < 4.78 is 2.10. The molecule has 0 aliphatic rings. The Kier molecular flexibility index (Phi) is 3.17. The summed E-state index contributed by atoms with van der Waals surface area (Å²) in [5.41, 5.74) is 7.10. The summed E-state index contributed by atoms with van der Waals surface area (Å²) in [4.78, 5) is 11.2. The van der Waals surface area contributed by atoms with Gasteiger partial charge in [-0.3, -0.25) is 4.79 Å². The molecule has 1 amide bonds. The van der Waals surface area contributed by atoms with Crippen LogP contribution in [0, 0.1) is 0 Å². The van der Waals surface area contributed by atoms with Gasteiger partial charge in [0, 0.05) is 22.6 Å². The third-order valence-corrected chi connectivity index (χ3v) is 3.33. The highest BCUT2D eigenvalue weighted by molar-refractivity contribution is 5.97. The average molecular weight is 263 g/mol. The van der Waals surface area contributed by atoms with Gasteiger partial charge >= 0.3 is 0 Å². The predicted octanol–water partition coefficient (Wildman–Crippen LogP) is 2.27. The quantitative estimate of drug-likeness (QED) is 0.724. The van der Waals surface area contributed by atoms with Crippen molar-refractivity contribution in [3.8, 4) is 0 Å². The van der Waals surface area contributed by atoms with Gasteiger partial charge in [-0.15, -0.1) is 0 Å². The molecule has 98 valence electrons. The maximum atomic E-state index is 11.2. The summed E-state index contributed by atoms with van der Waals surface area (Å²) in [6.45, 7) is 0.803. The third-order valence-electron chi connectivity index (χ3n) is 3.33. The first kappa shape index (κ1) is 12.4. The van der Waals surface area contributed by atoms with Crippen molar-refractivity contribution in [2.24, 2.45) is 5.73 Å². The lowest BCUT2D eigenvalue weighted by Crippen LogP contribution is -2.33. The molecule has 0 saturated heterocycles. The fraction of sp³-hybridized carbons (Fsp3) is 0.0588. The Bertz CT molecular complexity index is 766. The minimum atomic E-state index is -0.398. The average Bonchev–Trinajstić information content (AvgIpc) is 2.47. The van der Waals surface area contributed by atoms with E-state index in [1.54, 1.807) is 6.07 Å². The standard InChI is InChI=1S/C17H14N2O/c18-17(20)15-7-6-14-8-9-19(12-16(14)10-15)11-13-4-2-1-3-5-13/h1-10,12H,11H2,(H-,18,20)/p+1. The Morgan fingerprint density at radius 2 is 1.80 bits per heavy atom. The summed E-state index contributed by atoms with van der Waals surface area (Å²) in [7, 11) is 0. The molecule has 0 unspecified atom stereocenters. The molecule has 0 saturated carbocycles. The van der Waals surface area contributed by atoms with E-state index in [4.69, 9.17) is 5.73 Å². The number of benzene rings is 2. The summed E-state index contributed by atoms with van der Waals surface area (Å²) >= 11 is 0. The lowest BCUT2D eigenvalue weighted by Gasteiger charge is -2.01. The van der Waals surface area contributed by atoms with Gasteiger partial charge in [0.25, 0.3) is 0 Å². The maximum absolute atomic E-state index is 11.2. The van der Waals surface area contributed by atoms with Crippen LogP contribution in [0.25, 0.3) is 10.8 Å². The van der Waals surface area contributed by atoms with E-state index in [1.807, 2.05) is 48.8 Å². The van der Waals surface area contributed by atoms with Gasteiger partial charge in [-0.2, -0.15) is 0 Å². The molecular formula is C17H15N2O+. The molecule has 0 aliphatic heterocycles. The van der Waals surface area contributed by atoms with E-state index in [-0.39, 0.29) is 0 Å². The van der Waals surface area contributed by atoms with Gasteiger partial charge in [0.15, 0.2) is 18.9 Å². The van der Waals surface area contributed by atoms with E-state index < -0.39 is 5.91 Å². The molecule has 3 heteroatoms.